The Morgan fingerprint density at radius 1 is 1.19 bits per heavy atom. The molecule has 1 atom stereocenters. The maximum atomic E-state index is 14.1. The summed E-state index contributed by atoms with van der Waals surface area (Å²) >= 11 is 0. The maximum absolute atomic E-state index is 14.1. The van der Waals surface area contributed by atoms with Crippen LogP contribution in [0.3, 0.4) is 0 Å². The Hall–Kier alpha value is -1.74. The Bertz CT molecular complexity index is 554. The SMILES string of the molecule is CCCNC(CCc1ccncc1)c1cc(C)ccc1F. The highest BCUT2D eigenvalue weighted by Gasteiger charge is 2.15. The van der Waals surface area contributed by atoms with Crippen molar-refractivity contribution >= 4 is 0 Å². The molecule has 112 valence electrons. The molecule has 2 nitrogen and oxygen atoms in total. The highest BCUT2D eigenvalue weighted by molar-refractivity contribution is 5.27. The quantitative estimate of drug-likeness (QED) is 0.825. The molecule has 1 aromatic heterocycles. The fraction of sp³-hybridized carbons (Fsp3) is 0.389. The first-order valence-corrected chi connectivity index (χ1v) is 7.59. The first-order chi connectivity index (χ1) is 10.2. The van der Waals surface area contributed by atoms with E-state index in [2.05, 4.69) is 17.2 Å². The van der Waals surface area contributed by atoms with Gasteiger partial charge in [0.25, 0.3) is 0 Å². The molecule has 0 aliphatic carbocycles. The van der Waals surface area contributed by atoms with Crippen LogP contribution in [0.2, 0.25) is 0 Å². The molecule has 0 aliphatic rings. The van der Waals surface area contributed by atoms with Crippen LogP contribution in [0.1, 0.15) is 42.5 Å². The summed E-state index contributed by atoms with van der Waals surface area (Å²) in [5, 5.41) is 3.47. The first kappa shape index (κ1) is 15.6. The van der Waals surface area contributed by atoms with Gasteiger partial charge in [-0.05, 0) is 56.5 Å². The summed E-state index contributed by atoms with van der Waals surface area (Å²) in [6, 6.07) is 9.43. The molecular formula is C18H23FN2. The van der Waals surface area contributed by atoms with Gasteiger partial charge in [0.15, 0.2) is 0 Å². The summed E-state index contributed by atoms with van der Waals surface area (Å²) in [6.07, 6.45) is 6.44. The molecule has 0 bridgehead atoms. The van der Waals surface area contributed by atoms with Gasteiger partial charge in [0.2, 0.25) is 0 Å². The van der Waals surface area contributed by atoms with Crippen molar-refractivity contribution in [3.8, 4) is 0 Å². The van der Waals surface area contributed by atoms with Crippen molar-refractivity contribution in [1.29, 1.82) is 0 Å². The van der Waals surface area contributed by atoms with E-state index in [4.69, 9.17) is 0 Å². The molecule has 0 amide bonds. The fourth-order valence-corrected chi connectivity index (χ4v) is 2.48. The lowest BCUT2D eigenvalue weighted by atomic mass is 9.97. The zero-order chi connectivity index (χ0) is 15.1. The largest absolute Gasteiger partial charge is 0.310 e. The van der Waals surface area contributed by atoms with E-state index in [0.29, 0.717) is 0 Å². The van der Waals surface area contributed by atoms with E-state index < -0.39 is 0 Å². The van der Waals surface area contributed by atoms with E-state index in [1.165, 1.54) is 5.56 Å². The predicted octanol–water partition coefficient (Wildman–Crippen LogP) is 4.20. The molecule has 1 heterocycles. The van der Waals surface area contributed by atoms with Crippen molar-refractivity contribution in [1.82, 2.24) is 10.3 Å². The van der Waals surface area contributed by atoms with Crippen LogP contribution < -0.4 is 5.32 Å². The minimum atomic E-state index is -0.121. The van der Waals surface area contributed by atoms with Crippen LogP contribution >= 0.6 is 0 Å². The molecule has 21 heavy (non-hydrogen) atoms. The van der Waals surface area contributed by atoms with Gasteiger partial charge >= 0.3 is 0 Å². The lowest BCUT2D eigenvalue weighted by Crippen LogP contribution is -2.23. The average Bonchev–Trinajstić information content (AvgIpc) is 2.51. The summed E-state index contributed by atoms with van der Waals surface area (Å²) in [7, 11) is 0. The Labute approximate surface area is 126 Å². The van der Waals surface area contributed by atoms with Gasteiger partial charge in [0.1, 0.15) is 5.82 Å². The van der Waals surface area contributed by atoms with Crippen molar-refractivity contribution < 1.29 is 4.39 Å². The van der Waals surface area contributed by atoms with Gasteiger partial charge in [-0.15, -0.1) is 0 Å². The lowest BCUT2D eigenvalue weighted by Gasteiger charge is -2.20. The minimum absolute atomic E-state index is 0.0537. The zero-order valence-corrected chi connectivity index (χ0v) is 12.8. The van der Waals surface area contributed by atoms with Crippen LogP contribution in [0.5, 0.6) is 0 Å². The van der Waals surface area contributed by atoms with Crippen molar-refractivity contribution in [2.24, 2.45) is 0 Å². The molecule has 2 aromatic rings. The Balaban J connectivity index is 2.12. The van der Waals surface area contributed by atoms with Crippen LogP contribution in [0.15, 0.2) is 42.7 Å². The van der Waals surface area contributed by atoms with Crippen molar-refractivity contribution in [3.05, 3.63) is 65.2 Å². The highest BCUT2D eigenvalue weighted by Crippen LogP contribution is 2.23. The summed E-state index contributed by atoms with van der Waals surface area (Å²) in [5.41, 5.74) is 3.11. The summed E-state index contributed by atoms with van der Waals surface area (Å²) in [6.45, 7) is 5.02. The highest BCUT2D eigenvalue weighted by atomic mass is 19.1. The molecule has 0 aliphatic heterocycles. The molecule has 1 unspecified atom stereocenters. The van der Waals surface area contributed by atoms with Crippen LogP contribution in [0, 0.1) is 12.7 Å². The van der Waals surface area contributed by atoms with Gasteiger partial charge in [-0.3, -0.25) is 4.98 Å². The van der Waals surface area contributed by atoms with E-state index in [0.717, 1.165) is 36.9 Å². The fourth-order valence-electron chi connectivity index (χ4n) is 2.48. The minimum Gasteiger partial charge on any atom is -0.310 e. The Morgan fingerprint density at radius 2 is 1.95 bits per heavy atom. The number of nitrogens with one attached hydrogen (secondary N) is 1. The number of halogens is 1. The number of hydrogen-bond donors (Lipinski definition) is 1. The standard InChI is InChI=1S/C18H23FN2/c1-3-10-21-18(7-5-15-8-11-20-12-9-15)16-13-14(2)4-6-17(16)19/h4,6,8-9,11-13,18,21H,3,5,7,10H2,1-2H3. The van der Waals surface area contributed by atoms with Gasteiger partial charge in [-0.25, -0.2) is 4.39 Å². The van der Waals surface area contributed by atoms with Crippen molar-refractivity contribution in [2.75, 3.05) is 6.54 Å². The van der Waals surface area contributed by atoms with Crippen LogP contribution in [0.4, 0.5) is 4.39 Å². The molecule has 3 heteroatoms. The lowest BCUT2D eigenvalue weighted by molar-refractivity contribution is 0.473. The third-order valence-corrected chi connectivity index (χ3v) is 3.64. The summed E-state index contributed by atoms with van der Waals surface area (Å²) < 4.78 is 14.1. The molecule has 0 spiro atoms. The van der Waals surface area contributed by atoms with Crippen LogP contribution in [-0.4, -0.2) is 11.5 Å². The normalized spacial score (nSPS) is 12.3. The van der Waals surface area contributed by atoms with Crippen LogP contribution in [0.25, 0.3) is 0 Å². The maximum Gasteiger partial charge on any atom is 0.127 e. The molecule has 0 saturated heterocycles. The van der Waals surface area contributed by atoms with Crippen molar-refractivity contribution in [3.63, 3.8) is 0 Å². The molecule has 0 fully saturated rings. The van der Waals surface area contributed by atoms with E-state index in [1.807, 2.05) is 31.2 Å². The molecule has 1 aromatic carbocycles. The van der Waals surface area contributed by atoms with Gasteiger partial charge < -0.3 is 5.32 Å². The topological polar surface area (TPSA) is 24.9 Å². The van der Waals surface area contributed by atoms with E-state index in [-0.39, 0.29) is 11.9 Å². The molecule has 2 rings (SSSR count). The number of hydrogen-bond acceptors (Lipinski definition) is 2. The summed E-state index contributed by atoms with van der Waals surface area (Å²) in [5.74, 6) is -0.121. The van der Waals surface area contributed by atoms with Crippen molar-refractivity contribution in [2.45, 2.75) is 39.2 Å². The monoisotopic (exact) mass is 286 g/mol. The van der Waals surface area contributed by atoms with Crippen LogP contribution in [-0.2, 0) is 6.42 Å². The van der Waals surface area contributed by atoms with Gasteiger partial charge in [0, 0.05) is 24.0 Å². The number of aromatic nitrogens is 1. The Kier molecular flexibility index (Phi) is 5.88. The van der Waals surface area contributed by atoms with Gasteiger partial charge in [-0.1, -0.05) is 24.6 Å². The first-order valence-electron chi connectivity index (χ1n) is 7.59. The summed E-state index contributed by atoms with van der Waals surface area (Å²) in [4.78, 5) is 4.03. The zero-order valence-electron chi connectivity index (χ0n) is 12.8. The third kappa shape index (κ3) is 4.64. The number of rotatable bonds is 7. The Morgan fingerprint density at radius 3 is 2.67 bits per heavy atom. The second-order valence-corrected chi connectivity index (χ2v) is 5.43. The van der Waals surface area contributed by atoms with E-state index in [1.54, 1.807) is 18.5 Å². The molecule has 1 N–H and O–H groups in total. The molecule has 0 saturated carbocycles. The predicted molar refractivity (Wildman–Crippen MR) is 84.7 cm³/mol. The number of aryl methyl sites for hydroxylation is 2. The molecule has 0 radical (unpaired) electrons. The van der Waals surface area contributed by atoms with Gasteiger partial charge in [0.05, 0.1) is 0 Å². The van der Waals surface area contributed by atoms with E-state index in [9.17, 15) is 4.39 Å². The molecular weight excluding hydrogens is 263 g/mol. The van der Waals surface area contributed by atoms with Gasteiger partial charge in [-0.2, -0.15) is 0 Å². The second kappa shape index (κ2) is 7.89. The number of pyridine rings is 1. The second-order valence-electron chi connectivity index (χ2n) is 5.43. The smallest absolute Gasteiger partial charge is 0.127 e. The number of benzene rings is 1. The third-order valence-electron chi connectivity index (χ3n) is 3.64. The van der Waals surface area contributed by atoms with E-state index >= 15 is 0 Å². The average molecular weight is 286 g/mol. The number of nitrogens with zero attached hydrogens (tertiary/aromatic N) is 1.